The molecule has 2 heterocycles. The fraction of sp³-hybridized carbons (Fsp3) is 0.633. The topological polar surface area (TPSA) is 179 Å². The first kappa shape index (κ1) is 34.2. The van der Waals surface area contributed by atoms with Crippen molar-refractivity contribution in [3.05, 3.63) is 45.3 Å². The average molecular weight is 727 g/mol. The van der Waals surface area contributed by atoms with Gasteiger partial charge in [0.25, 0.3) is 5.91 Å². The summed E-state index contributed by atoms with van der Waals surface area (Å²) in [7, 11) is 0. The number of hydrogen-bond donors (Lipinski definition) is 5. The van der Waals surface area contributed by atoms with Gasteiger partial charge in [-0.25, -0.2) is 4.68 Å². The Morgan fingerprint density at radius 3 is 2.55 bits per heavy atom. The van der Waals surface area contributed by atoms with Crippen molar-refractivity contribution in [1.82, 2.24) is 30.5 Å². The summed E-state index contributed by atoms with van der Waals surface area (Å²) in [4.78, 5) is 41.6. The number of halogens is 1. The van der Waals surface area contributed by atoms with Gasteiger partial charge in [-0.1, -0.05) is 50.0 Å². The number of nitrogens with one attached hydrogen (secondary N) is 2. The molecule has 2 aromatic rings. The van der Waals surface area contributed by atoms with Crippen molar-refractivity contribution in [1.29, 1.82) is 0 Å². The molecule has 6 atom stereocenters. The second-order valence-electron chi connectivity index (χ2n) is 11.5. The lowest BCUT2D eigenvalue weighted by Gasteiger charge is -2.42. The second-order valence-corrected chi connectivity index (χ2v) is 12.7. The van der Waals surface area contributed by atoms with Gasteiger partial charge in [0.05, 0.1) is 24.9 Å². The Kier molecular flexibility index (Phi) is 12.5. The predicted molar refractivity (Wildman–Crippen MR) is 168 cm³/mol. The predicted octanol–water partition coefficient (Wildman–Crippen LogP) is 1.51. The number of amides is 3. The van der Waals surface area contributed by atoms with E-state index in [-0.39, 0.29) is 24.3 Å². The summed E-state index contributed by atoms with van der Waals surface area (Å²) in [6.45, 7) is 3.24. The fourth-order valence-corrected chi connectivity index (χ4v) is 6.66. The molecule has 1 aromatic heterocycles. The van der Waals surface area contributed by atoms with Gasteiger partial charge in [0.15, 0.2) is 6.23 Å². The van der Waals surface area contributed by atoms with E-state index in [2.05, 4.69) is 50.5 Å². The third-order valence-electron chi connectivity index (χ3n) is 8.32. The van der Waals surface area contributed by atoms with E-state index in [4.69, 9.17) is 4.74 Å². The van der Waals surface area contributed by atoms with Crippen molar-refractivity contribution in [2.45, 2.75) is 102 Å². The van der Waals surface area contributed by atoms with Gasteiger partial charge in [-0.2, -0.15) is 0 Å². The molecule has 2 fully saturated rings. The Labute approximate surface area is 270 Å². The number of aliphatic hydroxyl groups excluding tert-OH is 3. The van der Waals surface area contributed by atoms with Crippen molar-refractivity contribution in [2.75, 3.05) is 13.2 Å². The number of aromatic nitrogens is 3. The molecule has 2 aliphatic rings. The van der Waals surface area contributed by atoms with E-state index in [1.54, 1.807) is 17.0 Å². The van der Waals surface area contributed by atoms with E-state index < -0.39 is 49.1 Å². The summed E-state index contributed by atoms with van der Waals surface area (Å²) in [5, 5.41) is 45.0. The minimum Gasteiger partial charge on any atom is -0.394 e. The number of carbonyl (C=O) groups is 3. The van der Waals surface area contributed by atoms with E-state index in [1.807, 2.05) is 12.1 Å². The van der Waals surface area contributed by atoms with E-state index in [9.17, 15) is 29.7 Å². The molecule has 1 saturated carbocycles. The molecule has 0 spiro atoms. The Bertz CT molecular complexity index is 1270. The first-order valence-electron chi connectivity index (χ1n) is 15.3. The zero-order valence-corrected chi connectivity index (χ0v) is 27.3. The van der Waals surface area contributed by atoms with Crippen molar-refractivity contribution in [2.24, 2.45) is 5.92 Å². The summed E-state index contributed by atoms with van der Waals surface area (Å²) >= 11 is 2.12. The Hall–Kier alpha value is -2.66. The summed E-state index contributed by atoms with van der Waals surface area (Å²) in [5.74, 6) is -0.981. The van der Waals surface area contributed by atoms with Gasteiger partial charge in [-0.05, 0) is 59.9 Å². The van der Waals surface area contributed by atoms with Crippen molar-refractivity contribution >= 4 is 40.3 Å². The van der Waals surface area contributed by atoms with Crippen LogP contribution in [0.4, 0.5) is 0 Å². The van der Waals surface area contributed by atoms with Gasteiger partial charge in [0.1, 0.15) is 36.1 Å². The highest BCUT2D eigenvalue weighted by Crippen LogP contribution is 2.32. The quantitative estimate of drug-likeness (QED) is 0.160. The van der Waals surface area contributed by atoms with Crippen LogP contribution in [0, 0.1) is 9.49 Å². The van der Waals surface area contributed by atoms with Crippen LogP contribution in [0.25, 0.3) is 0 Å². The molecule has 4 rings (SSSR count). The zero-order valence-electron chi connectivity index (χ0n) is 25.1. The molecule has 5 N–H and O–H groups in total. The van der Waals surface area contributed by atoms with Gasteiger partial charge in [-0.3, -0.25) is 14.4 Å². The molecule has 1 saturated heterocycles. The van der Waals surface area contributed by atoms with Crippen LogP contribution in [-0.4, -0.2) is 96.5 Å². The van der Waals surface area contributed by atoms with Crippen LogP contribution >= 0.6 is 22.6 Å². The molecule has 1 aliphatic carbocycles. The molecule has 6 unspecified atom stereocenters. The molecular weight excluding hydrogens is 683 g/mol. The van der Waals surface area contributed by atoms with Crippen LogP contribution in [0.1, 0.15) is 81.1 Å². The number of ether oxygens (including phenoxy) is 1. The van der Waals surface area contributed by atoms with Crippen LogP contribution in [0.2, 0.25) is 0 Å². The number of unbranched alkanes of at least 4 members (excludes halogenated alkanes) is 1. The standard InChI is InChI=1S/C30H43IN6O7/c1-3-4-14-32-28(42)25(19-10-6-5-7-11-19)36(29(43)21-12-8-9-13-22(21)31)15-20-16-37(35-34-20)30-24(33-18(2)39)27(41)26(40)23(17-38)44-30/h8-9,12-13,16,19,23-27,30,38,40-41H,3-7,10-11,14-15,17H2,1-2H3,(H,32,42)(H,33,39). The van der Waals surface area contributed by atoms with Gasteiger partial charge in [-0.15, -0.1) is 5.10 Å². The minimum absolute atomic E-state index is 0.0292. The Morgan fingerprint density at radius 1 is 1.16 bits per heavy atom. The molecule has 14 heteroatoms. The number of carbonyl (C=O) groups excluding carboxylic acids is 3. The van der Waals surface area contributed by atoms with E-state index in [0.717, 1.165) is 48.5 Å². The molecule has 3 amide bonds. The summed E-state index contributed by atoms with van der Waals surface area (Å²) in [5.41, 5.74) is 0.838. The summed E-state index contributed by atoms with van der Waals surface area (Å²) in [6, 6.07) is 5.42. The fourth-order valence-electron chi connectivity index (χ4n) is 6.04. The minimum atomic E-state index is -1.46. The number of hydrogen-bond acceptors (Lipinski definition) is 9. The van der Waals surface area contributed by atoms with Crippen LogP contribution in [0.15, 0.2) is 30.5 Å². The SMILES string of the molecule is CCCCNC(=O)C(C1CCCCC1)N(Cc1cn(C2OC(CO)C(O)C(O)C2NC(C)=O)nn1)C(=O)c1ccccc1I. The van der Waals surface area contributed by atoms with Crippen molar-refractivity contribution in [3.8, 4) is 0 Å². The second kappa shape index (κ2) is 16.1. The first-order chi connectivity index (χ1) is 21.2. The highest BCUT2D eigenvalue weighted by atomic mass is 127. The highest BCUT2D eigenvalue weighted by Gasteiger charge is 2.46. The molecule has 1 aliphatic heterocycles. The van der Waals surface area contributed by atoms with E-state index in [0.29, 0.717) is 17.8 Å². The van der Waals surface area contributed by atoms with Crippen molar-refractivity contribution < 1.29 is 34.4 Å². The first-order valence-corrected chi connectivity index (χ1v) is 16.4. The average Bonchev–Trinajstić information content (AvgIpc) is 3.48. The highest BCUT2D eigenvalue weighted by molar-refractivity contribution is 14.1. The van der Waals surface area contributed by atoms with Crippen LogP contribution in [0.5, 0.6) is 0 Å². The summed E-state index contributed by atoms with van der Waals surface area (Å²) in [6.07, 6.45) is 2.84. The van der Waals surface area contributed by atoms with E-state index >= 15 is 0 Å². The maximum atomic E-state index is 14.3. The number of rotatable bonds is 12. The lowest BCUT2D eigenvalue weighted by Crippen LogP contribution is -2.62. The third-order valence-corrected chi connectivity index (χ3v) is 9.26. The van der Waals surface area contributed by atoms with Gasteiger partial charge in [0.2, 0.25) is 11.8 Å². The largest absolute Gasteiger partial charge is 0.394 e. The van der Waals surface area contributed by atoms with Crippen LogP contribution < -0.4 is 10.6 Å². The third kappa shape index (κ3) is 8.13. The Balaban J connectivity index is 1.70. The molecule has 44 heavy (non-hydrogen) atoms. The molecule has 1 aromatic carbocycles. The lowest BCUT2D eigenvalue weighted by atomic mass is 9.82. The molecule has 13 nitrogen and oxygen atoms in total. The monoisotopic (exact) mass is 726 g/mol. The summed E-state index contributed by atoms with van der Waals surface area (Å²) < 4.78 is 7.89. The Morgan fingerprint density at radius 2 is 1.89 bits per heavy atom. The molecule has 0 bridgehead atoms. The van der Waals surface area contributed by atoms with Gasteiger partial charge < -0.3 is 35.6 Å². The van der Waals surface area contributed by atoms with E-state index in [1.165, 1.54) is 17.8 Å². The maximum Gasteiger partial charge on any atom is 0.255 e. The molecular formula is C30H43IN6O7. The smallest absolute Gasteiger partial charge is 0.255 e. The number of benzene rings is 1. The maximum absolute atomic E-state index is 14.3. The number of aliphatic hydroxyl groups is 3. The normalized spacial score (nSPS) is 24.8. The van der Waals surface area contributed by atoms with Gasteiger partial charge in [0, 0.05) is 17.0 Å². The van der Waals surface area contributed by atoms with Gasteiger partial charge >= 0.3 is 0 Å². The molecule has 0 radical (unpaired) electrons. The van der Waals surface area contributed by atoms with Crippen molar-refractivity contribution in [3.63, 3.8) is 0 Å². The lowest BCUT2D eigenvalue weighted by molar-refractivity contribution is -0.219. The zero-order chi connectivity index (χ0) is 31.8. The number of nitrogens with zero attached hydrogens (tertiary/aromatic N) is 4. The van der Waals surface area contributed by atoms with Crippen LogP contribution in [0.3, 0.4) is 0 Å². The molecule has 242 valence electrons. The van der Waals surface area contributed by atoms with Crippen LogP contribution in [-0.2, 0) is 20.9 Å².